The second kappa shape index (κ2) is 6.70. The Kier molecular flexibility index (Phi) is 4.76. The minimum Gasteiger partial charge on any atom is -0.467 e. The van der Waals surface area contributed by atoms with Crippen LogP contribution in [0.2, 0.25) is 0 Å². The van der Waals surface area contributed by atoms with Crippen LogP contribution in [0.4, 0.5) is 0 Å². The summed E-state index contributed by atoms with van der Waals surface area (Å²) in [4.78, 5) is 27.4. The number of furan rings is 1. The third kappa shape index (κ3) is 3.51. The Labute approximate surface area is 149 Å². The maximum atomic E-state index is 13.1. The summed E-state index contributed by atoms with van der Waals surface area (Å²) in [6, 6.07) is 3.27. The van der Waals surface area contributed by atoms with Gasteiger partial charge in [-0.1, -0.05) is 25.5 Å². The van der Waals surface area contributed by atoms with Gasteiger partial charge in [-0.05, 0) is 50.2 Å². The van der Waals surface area contributed by atoms with E-state index in [0.29, 0.717) is 13.1 Å². The largest absolute Gasteiger partial charge is 0.467 e. The first kappa shape index (κ1) is 17.8. The molecular weight excluding hydrogens is 316 g/mol. The van der Waals surface area contributed by atoms with Gasteiger partial charge < -0.3 is 14.6 Å². The molecule has 0 spiro atoms. The van der Waals surface area contributed by atoms with Gasteiger partial charge in [0.1, 0.15) is 11.8 Å². The Balaban J connectivity index is 1.64. The van der Waals surface area contributed by atoms with E-state index in [1.165, 1.54) is 5.57 Å². The zero-order chi connectivity index (χ0) is 18.2. The number of hydrogen-bond donors (Lipinski definition) is 1. The maximum Gasteiger partial charge on any atom is 0.243 e. The van der Waals surface area contributed by atoms with Gasteiger partial charge in [-0.3, -0.25) is 9.59 Å². The van der Waals surface area contributed by atoms with Crippen molar-refractivity contribution in [2.45, 2.75) is 53.1 Å². The number of nitrogens with one attached hydrogen (secondary N) is 1. The van der Waals surface area contributed by atoms with Crippen molar-refractivity contribution >= 4 is 11.8 Å². The number of likely N-dealkylation sites (tertiary alicyclic amines) is 1. The molecule has 0 aromatic carbocycles. The Morgan fingerprint density at radius 1 is 1.40 bits per heavy atom. The third-order valence-electron chi connectivity index (χ3n) is 5.55. The molecule has 2 aliphatic rings. The molecule has 1 N–H and O–H groups in total. The molecule has 1 aromatic heterocycles. The summed E-state index contributed by atoms with van der Waals surface area (Å²) < 4.78 is 5.25. The van der Waals surface area contributed by atoms with Crippen LogP contribution in [-0.4, -0.2) is 29.3 Å². The zero-order valence-electron chi connectivity index (χ0n) is 15.5. The number of carbonyl (C=O) groups excluding carboxylic acids is 2. The van der Waals surface area contributed by atoms with E-state index in [2.05, 4.69) is 39.1 Å². The van der Waals surface area contributed by atoms with Crippen molar-refractivity contribution in [2.24, 2.45) is 17.3 Å². The summed E-state index contributed by atoms with van der Waals surface area (Å²) in [6.45, 7) is 9.45. The molecule has 2 fully saturated rings. The smallest absolute Gasteiger partial charge is 0.243 e. The first-order valence-electron chi connectivity index (χ1n) is 9.08. The summed E-state index contributed by atoms with van der Waals surface area (Å²) in [5.74, 6) is 1.03. The van der Waals surface area contributed by atoms with Crippen molar-refractivity contribution in [2.75, 3.05) is 6.54 Å². The van der Waals surface area contributed by atoms with E-state index in [4.69, 9.17) is 4.42 Å². The van der Waals surface area contributed by atoms with E-state index in [1.807, 2.05) is 6.07 Å². The van der Waals surface area contributed by atoms with Crippen LogP contribution in [0.15, 0.2) is 34.5 Å². The molecule has 3 rings (SSSR count). The number of allylic oxidation sites excluding steroid dienone is 2. The van der Waals surface area contributed by atoms with Crippen LogP contribution >= 0.6 is 0 Å². The van der Waals surface area contributed by atoms with Crippen LogP contribution in [-0.2, 0) is 16.1 Å². The van der Waals surface area contributed by atoms with E-state index in [9.17, 15) is 9.59 Å². The fourth-order valence-electron chi connectivity index (χ4n) is 4.01. The molecular formula is C20H28N2O3. The van der Waals surface area contributed by atoms with Gasteiger partial charge in [-0.2, -0.15) is 0 Å². The molecule has 1 aliphatic heterocycles. The zero-order valence-corrected chi connectivity index (χ0v) is 15.5. The van der Waals surface area contributed by atoms with Crippen LogP contribution in [0.1, 0.15) is 46.3 Å². The Bertz CT molecular complexity index is 671. The first-order chi connectivity index (χ1) is 11.8. The number of nitrogens with zero attached hydrogens (tertiary/aromatic N) is 1. The van der Waals surface area contributed by atoms with Gasteiger partial charge in [0.2, 0.25) is 11.8 Å². The Hall–Kier alpha value is -2.04. The lowest BCUT2D eigenvalue weighted by molar-refractivity contribution is -0.140. The summed E-state index contributed by atoms with van der Waals surface area (Å²) in [6.07, 6.45) is 5.40. The highest BCUT2D eigenvalue weighted by Crippen LogP contribution is 2.60. The van der Waals surface area contributed by atoms with Gasteiger partial charge in [0.05, 0.1) is 18.7 Å². The van der Waals surface area contributed by atoms with Crippen molar-refractivity contribution in [3.63, 3.8) is 0 Å². The van der Waals surface area contributed by atoms with Crippen molar-refractivity contribution < 1.29 is 14.0 Å². The van der Waals surface area contributed by atoms with Crippen molar-refractivity contribution in [1.29, 1.82) is 0 Å². The monoisotopic (exact) mass is 344 g/mol. The molecule has 5 heteroatoms. The Morgan fingerprint density at radius 2 is 2.16 bits per heavy atom. The highest BCUT2D eigenvalue weighted by Gasteiger charge is 2.62. The van der Waals surface area contributed by atoms with E-state index in [1.54, 1.807) is 17.2 Å². The van der Waals surface area contributed by atoms with Crippen molar-refractivity contribution in [1.82, 2.24) is 10.2 Å². The first-order valence-corrected chi connectivity index (χ1v) is 9.08. The summed E-state index contributed by atoms with van der Waals surface area (Å²) in [7, 11) is 0. The standard InChI is InChI=1S/C20H28N2O3/c1-13(2)11-15-17(20(15,3)4)19(24)22-9-5-8-16(22)18(23)21-12-14-7-6-10-25-14/h6-7,10-11,15-17H,5,8-9,12H2,1-4H3,(H,21,23)/t15-,16-,17-/m1/s1. The predicted molar refractivity (Wildman–Crippen MR) is 95.5 cm³/mol. The Morgan fingerprint density at radius 3 is 2.80 bits per heavy atom. The second-order valence-electron chi connectivity index (χ2n) is 8.06. The van der Waals surface area contributed by atoms with Crippen molar-refractivity contribution in [3.05, 3.63) is 35.8 Å². The van der Waals surface area contributed by atoms with Crippen LogP contribution in [0, 0.1) is 17.3 Å². The molecule has 136 valence electrons. The topological polar surface area (TPSA) is 62.6 Å². The quantitative estimate of drug-likeness (QED) is 0.835. The third-order valence-corrected chi connectivity index (χ3v) is 5.55. The second-order valence-corrected chi connectivity index (χ2v) is 8.06. The van der Waals surface area contributed by atoms with Gasteiger partial charge in [0.25, 0.3) is 0 Å². The lowest BCUT2D eigenvalue weighted by atomic mass is 10.1. The average Bonchev–Trinajstić information content (AvgIpc) is 3.05. The summed E-state index contributed by atoms with van der Waals surface area (Å²) >= 11 is 0. The molecule has 25 heavy (non-hydrogen) atoms. The number of hydrogen-bond acceptors (Lipinski definition) is 3. The lowest BCUT2D eigenvalue weighted by Crippen LogP contribution is -2.46. The molecule has 5 nitrogen and oxygen atoms in total. The minimum atomic E-state index is -0.355. The SMILES string of the molecule is CC(C)=C[C@@H]1[C@H](C(=O)N2CCC[C@@H]2C(=O)NCc2ccco2)C1(C)C. The molecule has 2 heterocycles. The summed E-state index contributed by atoms with van der Waals surface area (Å²) in [5.41, 5.74) is 1.22. The number of carbonyl (C=O) groups is 2. The molecule has 3 atom stereocenters. The number of amides is 2. The fraction of sp³-hybridized carbons (Fsp3) is 0.600. The molecule has 0 radical (unpaired) electrons. The van der Waals surface area contributed by atoms with Crippen LogP contribution in [0.5, 0.6) is 0 Å². The highest BCUT2D eigenvalue weighted by atomic mass is 16.3. The number of rotatable bonds is 5. The molecule has 0 unspecified atom stereocenters. The van der Waals surface area contributed by atoms with Crippen LogP contribution in [0.3, 0.4) is 0 Å². The van der Waals surface area contributed by atoms with E-state index >= 15 is 0 Å². The van der Waals surface area contributed by atoms with Gasteiger partial charge in [-0.25, -0.2) is 0 Å². The van der Waals surface area contributed by atoms with Gasteiger partial charge >= 0.3 is 0 Å². The van der Waals surface area contributed by atoms with E-state index in [-0.39, 0.29) is 35.1 Å². The molecule has 1 saturated carbocycles. The molecule has 0 bridgehead atoms. The average molecular weight is 344 g/mol. The van der Waals surface area contributed by atoms with Gasteiger partial charge in [-0.15, -0.1) is 0 Å². The predicted octanol–water partition coefficient (Wildman–Crippen LogP) is 3.13. The molecule has 2 amide bonds. The van der Waals surface area contributed by atoms with Gasteiger partial charge in [0.15, 0.2) is 0 Å². The molecule has 1 aromatic rings. The van der Waals surface area contributed by atoms with E-state index < -0.39 is 0 Å². The van der Waals surface area contributed by atoms with E-state index in [0.717, 1.165) is 18.6 Å². The molecule has 1 aliphatic carbocycles. The maximum absolute atomic E-state index is 13.1. The minimum absolute atomic E-state index is 0.0131. The van der Waals surface area contributed by atoms with Crippen LogP contribution in [0.25, 0.3) is 0 Å². The highest BCUT2D eigenvalue weighted by molar-refractivity contribution is 5.91. The van der Waals surface area contributed by atoms with Crippen molar-refractivity contribution in [3.8, 4) is 0 Å². The van der Waals surface area contributed by atoms with Gasteiger partial charge in [0, 0.05) is 6.54 Å². The molecule has 1 saturated heterocycles. The van der Waals surface area contributed by atoms with Crippen LogP contribution < -0.4 is 5.32 Å². The normalized spacial score (nSPS) is 27.0. The fourth-order valence-corrected chi connectivity index (χ4v) is 4.01. The summed E-state index contributed by atoms with van der Waals surface area (Å²) in [5, 5.41) is 2.90. The lowest BCUT2D eigenvalue weighted by Gasteiger charge is -2.24.